The molecule has 0 radical (unpaired) electrons. The van der Waals surface area contributed by atoms with Gasteiger partial charge in [0, 0.05) is 13.1 Å². The highest BCUT2D eigenvalue weighted by Crippen LogP contribution is 2.30. The van der Waals surface area contributed by atoms with E-state index in [0.29, 0.717) is 22.3 Å². The van der Waals surface area contributed by atoms with Crippen LogP contribution < -0.4 is 0 Å². The van der Waals surface area contributed by atoms with E-state index in [0.717, 1.165) is 19.3 Å². The van der Waals surface area contributed by atoms with Crippen molar-refractivity contribution in [1.29, 1.82) is 0 Å². The van der Waals surface area contributed by atoms with E-state index in [4.69, 9.17) is 11.6 Å². The molecular weight excluding hydrogens is 336 g/mol. The van der Waals surface area contributed by atoms with Crippen LogP contribution in [0, 0.1) is 12.8 Å². The molecule has 2 heterocycles. The summed E-state index contributed by atoms with van der Waals surface area (Å²) in [6.45, 7) is 3.94. The third kappa shape index (κ3) is 2.97. The lowest BCUT2D eigenvalue weighted by molar-refractivity contribution is 0.239. The van der Waals surface area contributed by atoms with Crippen molar-refractivity contribution in [3.63, 3.8) is 0 Å². The smallest absolute Gasteiger partial charge is 0.234 e. The maximum Gasteiger partial charge on any atom is 0.246 e. The van der Waals surface area contributed by atoms with Crippen molar-refractivity contribution in [2.75, 3.05) is 7.05 Å². The molecule has 2 atom stereocenters. The Bertz CT molecular complexity index is 833. The number of aromatic nitrogens is 3. The van der Waals surface area contributed by atoms with E-state index in [9.17, 15) is 8.42 Å². The zero-order valence-electron chi connectivity index (χ0n) is 13.5. The van der Waals surface area contributed by atoms with Gasteiger partial charge in [-0.05, 0) is 25.7 Å². The van der Waals surface area contributed by atoms with Crippen LogP contribution in [-0.4, -0.2) is 40.4 Å². The molecule has 23 heavy (non-hydrogen) atoms. The van der Waals surface area contributed by atoms with Gasteiger partial charge in [-0.2, -0.15) is 9.40 Å². The number of aryl methyl sites for hydroxylation is 1. The van der Waals surface area contributed by atoms with E-state index in [1.165, 1.54) is 27.6 Å². The van der Waals surface area contributed by atoms with Gasteiger partial charge in [0.1, 0.15) is 9.92 Å². The minimum Gasteiger partial charge on any atom is -0.234 e. The summed E-state index contributed by atoms with van der Waals surface area (Å²) in [5, 5.41) is 4.66. The van der Waals surface area contributed by atoms with Gasteiger partial charge in [0.05, 0.1) is 18.1 Å². The SMILES string of the molecule is Cc1nn2cc(S(=O)(=O)N(C)C3CCCC(C)C3)cnc2c1Cl. The van der Waals surface area contributed by atoms with Crippen molar-refractivity contribution in [2.24, 2.45) is 5.92 Å². The van der Waals surface area contributed by atoms with Gasteiger partial charge in [-0.3, -0.25) is 0 Å². The predicted octanol–water partition coefficient (Wildman–Crippen LogP) is 2.89. The third-order valence-corrected chi connectivity index (χ3v) is 6.96. The number of fused-ring (bicyclic) bond motifs is 1. The standard InChI is InChI=1S/C15H21ClN4O2S/c1-10-5-4-6-12(7-10)19(3)23(21,22)13-8-17-15-14(16)11(2)18-20(15)9-13/h8-10,12H,4-7H2,1-3H3. The Balaban J connectivity index is 1.95. The molecule has 2 aromatic rings. The van der Waals surface area contributed by atoms with Crippen LogP contribution in [0.1, 0.15) is 38.3 Å². The molecule has 0 aromatic carbocycles. The second kappa shape index (κ2) is 6.03. The van der Waals surface area contributed by atoms with Crippen LogP contribution in [0.3, 0.4) is 0 Å². The number of hydrogen-bond acceptors (Lipinski definition) is 4. The van der Waals surface area contributed by atoms with E-state index < -0.39 is 10.0 Å². The summed E-state index contributed by atoms with van der Waals surface area (Å²) in [5.74, 6) is 0.555. The minimum atomic E-state index is -3.59. The highest BCUT2D eigenvalue weighted by atomic mass is 35.5. The van der Waals surface area contributed by atoms with Crippen LogP contribution in [0.2, 0.25) is 5.02 Å². The Kier molecular flexibility index (Phi) is 4.37. The van der Waals surface area contributed by atoms with E-state index in [-0.39, 0.29) is 10.9 Å². The molecule has 3 rings (SSSR count). The Morgan fingerprint density at radius 1 is 1.39 bits per heavy atom. The van der Waals surface area contributed by atoms with E-state index in [2.05, 4.69) is 17.0 Å². The van der Waals surface area contributed by atoms with E-state index in [1.807, 2.05) is 0 Å². The van der Waals surface area contributed by atoms with E-state index in [1.54, 1.807) is 14.0 Å². The summed E-state index contributed by atoms with van der Waals surface area (Å²) >= 11 is 6.10. The van der Waals surface area contributed by atoms with Crippen molar-refractivity contribution in [3.8, 4) is 0 Å². The molecule has 6 nitrogen and oxygen atoms in total. The highest BCUT2D eigenvalue weighted by Gasteiger charge is 2.31. The molecule has 0 spiro atoms. The molecule has 2 aromatic heterocycles. The molecule has 8 heteroatoms. The summed E-state index contributed by atoms with van der Waals surface area (Å²) in [4.78, 5) is 4.32. The Labute approximate surface area is 141 Å². The molecule has 0 aliphatic heterocycles. The number of sulfonamides is 1. The normalized spacial score (nSPS) is 22.8. The zero-order chi connectivity index (χ0) is 16.8. The lowest BCUT2D eigenvalue weighted by atomic mass is 9.87. The van der Waals surface area contributed by atoms with Gasteiger partial charge in [-0.1, -0.05) is 31.4 Å². The van der Waals surface area contributed by atoms with Gasteiger partial charge < -0.3 is 0 Å². The first-order chi connectivity index (χ1) is 10.8. The number of halogens is 1. The number of rotatable bonds is 3. The van der Waals surface area contributed by atoms with Crippen molar-refractivity contribution in [2.45, 2.75) is 50.5 Å². The first kappa shape index (κ1) is 16.7. The molecule has 0 amide bonds. The van der Waals surface area contributed by atoms with Gasteiger partial charge in [-0.25, -0.2) is 17.9 Å². The van der Waals surface area contributed by atoms with Crippen molar-refractivity contribution < 1.29 is 8.42 Å². The summed E-state index contributed by atoms with van der Waals surface area (Å²) in [6.07, 6.45) is 6.89. The van der Waals surface area contributed by atoms with Gasteiger partial charge in [0.25, 0.3) is 0 Å². The number of hydrogen-bond donors (Lipinski definition) is 0. The maximum absolute atomic E-state index is 12.9. The molecular formula is C15H21ClN4O2S. The molecule has 126 valence electrons. The van der Waals surface area contributed by atoms with Gasteiger partial charge in [-0.15, -0.1) is 0 Å². The lowest BCUT2D eigenvalue weighted by Gasteiger charge is -2.33. The van der Waals surface area contributed by atoms with Crippen LogP contribution in [-0.2, 0) is 10.0 Å². The van der Waals surface area contributed by atoms with Gasteiger partial charge >= 0.3 is 0 Å². The van der Waals surface area contributed by atoms with E-state index >= 15 is 0 Å². The lowest BCUT2D eigenvalue weighted by Crippen LogP contribution is -2.39. The Morgan fingerprint density at radius 3 is 2.83 bits per heavy atom. The molecule has 1 aliphatic rings. The minimum absolute atomic E-state index is 0.0439. The van der Waals surface area contributed by atoms with Crippen LogP contribution in [0.5, 0.6) is 0 Å². The van der Waals surface area contributed by atoms with Crippen LogP contribution in [0.25, 0.3) is 5.65 Å². The predicted molar refractivity (Wildman–Crippen MR) is 89.1 cm³/mol. The molecule has 1 fully saturated rings. The second-order valence-electron chi connectivity index (χ2n) is 6.40. The first-order valence-corrected chi connectivity index (χ1v) is 9.61. The summed E-state index contributed by atoms with van der Waals surface area (Å²) < 4.78 is 28.7. The molecule has 1 saturated carbocycles. The zero-order valence-corrected chi connectivity index (χ0v) is 15.1. The van der Waals surface area contributed by atoms with Crippen molar-refractivity contribution >= 4 is 27.3 Å². The van der Waals surface area contributed by atoms with Crippen LogP contribution >= 0.6 is 11.6 Å². The Hall–Kier alpha value is -1.18. The quantitative estimate of drug-likeness (QED) is 0.848. The van der Waals surface area contributed by atoms with Gasteiger partial charge in [0.15, 0.2) is 5.65 Å². The highest BCUT2D eigenvalue weighted by molar-refractivity contribution is 7.89. The van der Waals surface area contributed by atoms with Crippen LogP contribution in [0.15, 0.2) is 17.3 Å². The van der Waals surface area contributed by atoms with Gasteiger partial charge in [0.2, 0.25) is 10.0 Å². The van der Waals surface area contributed by atoms with Crippen molar-refractivity contribution in [1.82, 2.24) is 18.9 Å². The molecule has 0 N–H and O–H groups in total. The fourth-order valence-corrected chi connectivity index (χ4v) is 4.74. The molecule has 1 aliphatic carbocycles. The molecule has 0 bridgehead atoms. The third-order valence-electron chi connectivity index (χ3n) is 4.65. The summed E-state index contributed by atoms with van der Waals surface area (Å²) in [6, 6.07) is 0.0439. The average molecular weight is 357 g/mol. The fourth-order valence-electron chi connectivity index (χ4n) is 3.23. The Morgan fingerprint density at radius 2 is 2.13 bits per heavy atom. The van der Waals surface area contributed by atoms with Crippen LogP contribution in [0.4, 0.5) is 0 Å². The van der Waals surface area contributed by atoms with Crippen molar-refractivity contribution in [3.05, 3.63) is 23.1 Å². The molecule has 0 saturated heterocycles. The average Bonchev–Trinajstić information content (AvgIpc) is 2.81. The maximum atomic E-state index is 12.9. The molecule has 2 unspecified atom stereocenters. The topological polar surface area (TPSA) is 67.6 Å². The first-order valence-electron chi connectivity index (χ1n) is 7.79. The summed E-state index contributed by atoms with van der Waals surface area (Å²) in [5.41, 5.74) is 1.10. The largest absolute Gasteiger partial charge is 0.246 e. The monoisotopic (exact) mass is 356 g/mol. The fraction of sp³-hybridized carbons (Fsp3) is 0.600. The second-order valence-corrected chi connectivity index (χ2v) is 8.78. The number of nitrogens with zero attached hydrogens (tertiary/aromatic N) is 4. The summed E-state index contributed by atoms with van der Waals surface area (Å²) in [7, 11) is -1.93.